The van der Waals surface area contributed by atoms with E-state index in [1.165, 1.54) is 0 Å². The monoisotopic (exact) mass is 342 g/mol. The second-order valence-electron chi connectivity index (χ2n) is 6.87. The number of hydrogen-bond donors (Lipinski definition) is 1. The molecule has 0 bridgehead atoms. The summed E-state index contributed by atoms with van der Waals surface area (Å²) in [5.41, 5.74) is 1.23. The molecule has 0 aromatic carbocycles. The zero-order valence-electron chi connectivity index (χ0n) is 15.2. The summed E-state index contributed by atoms with van der Waals surface area (Å²) in [5, 5.41) is 2.98. The minimum absolute atomic E-state index is 0.0537. The molecule has 3 heterocycles. The van der Waals surface area contributed by atoms with Crippen molar-refractivity contribution in [1.29, 1.82) is 0 Å². The highest BCUT2D eigenvalue weighted by Crippen LogP contribution is 2.32. The lowest BCUT2D eigenvalue weighted by molar-refractivity contribution is -0.129. The highest BCUT2D eigenvalue weighted by molar-refractivity contribution is 5.99. The average molecular weight is 342 g/mol. The quantitative estimate of drug-likeness (QED) is 0.908. The first kappa shape index (κ1) is 17.5. The number of amides is 2. The van der Waals surface area contributed by atoms with Crippen LogP contribution in [0.5, 0.6) is 0 Å². The maximum Gasteiger partial charge on any atom is 0.272 e. The van der Waals surface area contributed by atoms with Crippen LogP contribution in [0, 0.1) is 5.92 Å². The highest BCUT2D eigenvalue weighted by atomic mass is 16.2. The van der Waals surface area contributed by atoms with Crippen molar-refractivity contribution in [2.24, 2.45) is 5.92 Å². The van der Waals surface area contributed by atoms with Gasteiger partial charge in [-0.15, -0.1) is 0 Å². The van der Waals surface area contributed by atoms with E-state index in [2.05, 4.69) is 24.1 Å². The van der Waals surface area contributed by atoms with E-state index in [1.807, 2.05) is 33.7 Å². The van der Waals surface area contributed by atoms with E-state index in [9.17, 15) is 9.59 Å². The maximum atomic E-state index is 12.7. The van der Waals surface area contributed by atoms with Gasteiger partial charge in [-0.1, -0.05) is 26.3 Å². The molecule has 1 N–H and O–H groups in total. The minimum Gasteiger partial charge on any atom is -0.350 e. The van der Waals surface area contributed by atoms with E-state index >= 15 is 0 Å². The number of carbonyl (C=O) groups is 2. The third-order valence-electron chi connectivity index (χ3n) is 5.05. The number of rotatable bonds is 5. The van der Waals surface area contributed by atoms with E-state index in [4.69, 9.17) is 0 Å². The molecule has 0 saturated carbocycles. The van der Waals surface area contributed by atoms with Gasteiger partial charge in [-0.25, -0.2) is 4.98 Å². The van der Waals surface area contributed by atoms with Gasteiger partial charge in [0, 0.05) is 26.2 Å². The van der Waals surface area contributed by atoms with Gasteiger partial charge in [0.1, 0.15) is 5.82 Å². The molecular formula is C19H26N4O2. The molecule has 1 aliphatic rings. The van der Waals surface area contributed by atoms with Gasteiger partial charge in [0.2, 0.25) is 5.91 Å². The highest BCUT2D eigenvalue weighted by Gasteiger charge is 2.32. The van der Waals surface area contributed by atoms with Crippen molar-refractivity contribution in [3.05, 3.63) is 35.9 Å². The smallest absolute Gasteiger partial charge is 0.272 e. The lowest BCUT2D eigenvalue weighted by Crippen LogP contribution is -2.30. The first-order chi connectivity index (χ1) is 12.0. The number of nitrogens with one attached hydrogen (secondary N) is 1. The molecule has 0 spiro atoms. The minimum atomic E-state index is -0.150. The van der Waals surface area contributed by atoms with Crippen LogP contribution in [-0.2, 0) is 4.79 Å². The predicted molar refractivity (Wildman–Crippen MR) is 96.3 cm³/mol. The van der Waals surface area contributed by atoms with Gasteiger partial charge in [0.05, 0.1) is 11.6 Å². The Morgan fingerprint density at radius 3 is 2.92 bits per heavy atom. The summed E-state index contributed by atoms with van der Waals surface area (Å²) in [5.74, 6) is 1.11. The first-order valence-electron chi connectivity index (χ1n) is 9.05. The van der Waals surface area contributed by atoms with Crippen LogP contribution in [0.3, 0.4) is 0 Å². The first-order valence-corrected chi connectivity index (χ1v) is 9.05. The van der Waals surface area contributed by atoms with Gasteiger partial charge < -0.3 is 14.6 Å². The molecule has 0 unspecified atom stereocenters. The molecule has 25 heavy (non-hydrogen) atoms. The fraction of sp³-hybridized carbons (Fsp3) is 0.526. The summed E-state index contributed by atoms with van der Waals surface area (Å²) in [6.45, 7) is 7.20. The standard InChI is InChI=1S/C19H26N4O2/c1-4-13(2)12-20-19(25)17-15-8-5-6-10-23(15)18(21-17)16-9-7-11-22(16)14(3)24/h5-6,8,10,13,16H,4,7,9,11-12H2,1-3H3,(H,20,25)/t13-,16-/m0/s1. The van der Waals surface area contributed by atoms with Crippen LogP contribution in [0.15, 0.2) is 24.4 Å². The van der Waals surface area contributed by atoms with Crippen molar-refractivity contribution < 1.29 is 9.59 Å². The summed E-state index contributed by atoms with van der Waals surface area (Å²) in [4.78, 5) is 31.1. The van der Waals surface area contributed by atoms with Crippen molar-refractivity contribution in [2.45, 2.75) is 46.1 Å². The molecule has 0 aliphatic carbocycles. The largest absolute Gasteiger partial charge is 0.350 e. The zero-order valence-corrected chi connectivity index (χ0v) is 15.2. The predicted octanol–water partition coefficient (Wildman–Crippen LogP) is 2.79. The van der Waals surface area contributed by atoms with Crippen LogP contribution >= 0.6 is 0 Å². The molecule has 6 heteroatoms. The van der Waals surface area contributed by atoms with E-state index in [0.717, 1.165) is 37.1 Å². The van der Waals surface area contributed by atoms with E-state index in [0.29, 0.717) is 18.2 Å². The summed E-state index contributed by atoms with van der Waals surface area (Å²) >= 11 is 0. The van der Waals surface area contributed by atoms with Crippen LogP contribution in [0.1, 0.15) is 62.4 Å². The van der Waals surface area contributed by atoms with Crippen LogP contribution in [0.2, 0.25) is 0 Å². The number of nitrogens with zero attached hydrogens (tertiary/aromatic N) is 3. The SMILES string of the molecule is CC[C@H](C)CNC(=O)c1nc([C@@H]2CCCN2C(C)=O)n2ccccc12. The Labute approximate surface area is 148 Å². The van der Waals surface area contributed by atoms with Crippen LogP contribution in [0.4, 0.5) is 0 Å². The lowest BCUT2D eigenvalue weighted by Gasteiger charge is -2.22. The number of likely N-dealkylation sites (tertiary alicyclic amines) is 1. The number of carbonyl (C=O) groups excluding carboxylic acids is 2. The topological polar surface area (TPSA) is 66.7 Å². The van der Waals surface area contributed by atoms with Crippen molar-refractivity contribution >= 4 is 17.3 Å². The van der Waals surface area contributed by atoms with Gasteiger partial charge in [-0.3, -0.25) is 9.59 Å². The van der Waals surface area contributed by atoms with Crippen LogP contribution < -0.4 is 5.32 Å². The van der Waals surface area contributed by atoms with E-state index < -0.39 is 0 Å². The van der Waals surface area contributed by atoms with Crippen molar-refractivity contribution in [3.8, 4) is 0 Å². The Morgan fingerprint density at radius 1 is 1.40 bits per heavy atom. The molecule has 1 fully saturated rings. The van der Waals surface area contributed by atoms with Gasteiger partial charge in [0.25, 0.3) is 5.91 Å². The summed E-state index contributed by atoms with van der Waals surface area (Å²) in [6.07, 6.45) is 4.77. The Balaban J connectivity index is 1.96. The van der Waals surface area contributed by atoms with Crippen LogP contribution in [0.25, 0.3) is 5.52 Å². The lowest BCUT2D eigenvalue weighted by atomic mass is 10.1. The van der Waals surface area contributed by atoms with Crippen LogP contribution in [-0.4, -0.2) is 39.2 Å². The number of hydrogen-bond acceptors (Lipinski definition) is 3. The Morgan fingerprint density at radius 2 is 2.20 bits per heavy atom. The molecule has 134 valence electrons. The summed E-state index contributed by atoms with van der Waals surface area (Å²) < 4.78 is 1.95. The third-order valence-corrected chi connectivity index (χ3v) is 5.05. The second kappa shape index (κ2) is 7.25. The zero-order chi connectivity index (χ0) is 18.0. The molecule has 1 saturated heterocycles. The van der Waals surface area contributed by atoms with Crippen molar-refractivity contribution in [3.63, 3.8) is 0 Å². The Kier molecular flexibility index (Phi) is 5.06. The molecule has 2 atom stereocenters. The van der Waals surface area contributed by atoms with Gasteiger partial charge in [-0.2, -0.15) is 0 Å². The Hall–Kier alpha value is -2.37. The summed E-state index contributed by atoms with van der Waals surface area (Å²) in [7, 11) is 0. The second-order valence-corrected chi connectivity index (χ2v) is 6.87. The van der Waals surface area contributed by atoms with Gasteiger partial charge >= 0.3 is 0 Å². The van der Waals surface area contributed by atoms with Crippen molar-refractivity contribution in [1.82, 2.24) is 19.6 Å². The number of pyridine rings is 1. The fourth-order valence-electron chi connectivity index (χ4n) is 3.37. The normalized spacial score (nSPS) is 18.5. The average Bonchev–Trinajstić information content (AvgIpc) is 3.23. The van der Waals surface area contributed by atoms with E-state index in [1.54, 1.807) is 6.92 Å². The number of imidazole rings is 1. The molecule has 1 aliphatic heterocycles. The van der Waals surface area contributed by atoms with E-state index in [-0.39, 0.29) is 17.9 Å². The number of aromatic nitrogens is 2. The molecule has 2 aromatic rings. The molecule has 6 nitrogen and oxygen atoms in total. The molecule has 2 aromatic heterocycles. The molecule has 0 radical (unpaired) electrons. The Bertz CT molecular complexity index is 783. The molecule has 3 rings (SSSR count). The molecular weight excluding hydrogens is 316 g/mol. The fourth-order valence-corrected chi connectivity index (χ4v) is 3.37. The number of fused-ring (bicyclic) bond motifs is 1. The van der Waals surface area contributed by atoms with Gasteiger partial charge in [0.15, 0.2) is 5.69 Å². The van der Waals surface area contributed by atoms with Gasteiger partial charge in [-0.05, 0) is 30.9 Å². The third kappa shape index (κ3) is 3.38. The summed E-state index contributed by atoms with van der Waals surface area (Å²) in [6, 6.07) is 5.67. The molecule has 2 amide bonds. The maximum absolute atomic E-state index is 12.7. The van der Waals surface area contributed by atoms with Crippen molar-refractivity contribution in [2.75, 3.05) is 13.1 Å².